The second-order valence-electron chi connectivity index (χ2n) is 4.56. The average Bonchev–Trinajstić information content (AvgIpc) is 2.84. The molecule has 5 heteroatoms. The summed E-state index contributed by atoms with van der Waals surface area (Å²) in [5, 5.41) is 0.440. The fraction of sp³-hybridized carbons (Fsp3) is 0.545. The summed E-state index contributed by atoms with van der Waals surface area (Å²) in [6, 6.07) is 0.519. The van der Waals surface area contributed by atoms with Crippen molar-refractivity contribution in [1.29, 1.82) is 0 Å². The molecule has 0 aromatic carbocycles. The lowest BCUT2D eigenvalue weighted by Crippen LogP contribution is -2.04. The van der Waals surface area contributed by atoms with Crippen molar-refractivity contribution in [3.63, 3.8) is 0 Å². The monoisotopic (exact) mass is 236 g/mol. The summed E-state index contributed by atoms with van der Waals surface area (Å²) < 4.78 is 2.15. The molecule has 16 heavy (non-hydrogen) atoms. The lowest BCUT2D eigenvalue weighted by Gasteiger charge is -2.11. The van der Waals surface area contributed by atoms with E-state index in [1.165, 1.54) is 25.6 Å². The Bertz CT molecular complexity index is 522. The molecule has 3 rings (SSSR count). The fourth-order valence-corrected chi connectivity index (χ4v) is 2.70. The lowest BCUT2D eigenvalue weighted by molar-refractivity contribution is 0.502. The van der Waals surface area contributed by atoms with Crippen LogP contribution in [0.2, 0.25) is 5.15 Å². The van der Waals surface area contributed by atoms with E-state index in [9.17, 15) is 0 Å². The van der Waals surface area contributed by atoms with Crippen LogP contribution in [0.4, 0.5) is 0 Å². The Morgan fingerprint density at radius 1 is 1.31 bits per heavy atom. The van der Waals surface area contributed by atoms with Gasteiger partial charge in [-0.25, -0.2) is 15.0 Å². The maximum atomic E-state index is 5.98. The van der Waals surface area contributed by atoms with Crippen molar-refractivity contribution >= 4 is 22.8 Å². The first-order valence-electron chi connectivity index (χ1n) is 5.58. The van der Waals surface area contributed by atoms with Gasteiger partial charge in [-0.15, -0.1) is 0 Å². The van der Waals surface area contributed by atoms with Gasteiger partial charge in [0.15, 0.2) is 10.8 Å². The van der Waals surface area contributed by atoms with E-state index in [1.54, 1.807) is 0 Å². The molecular formula is C11H13ClN4. The number of hydrogen-bond acceptors (Lipinski definition) is 3. The number of halogens is 1. The third-order valence-corrected chi connectivity index (χ3v) is 3.65. The summed E-state index contributed by atoms with van der Waals surface area (Å²) in [5.74, 6) is 0.791. The Morgan fingerprint density at radius 3 is 2.94 bits per heavy atom. The topological polar surface area (TPSA) is 43.6 Å². The van der Waals surface area contributed by atoms with Crippen LogP contribution in [0.15, 0.2) is 12.7 Å². The number of rotatable bonds is 1. The molecule has 2 aromatic rings. The van der Waals surface area contributed by atoms with Gasteiger partial charge in [-0.3, -0.25) is 0 Å². The normalized spacial score (nSPS) is 25.4. The van der Waals surface area contributed by atoms with Crippen LogP contribution in [-0.2, 0) is 0 Å². The molecule has 2 heterocycles. The van der Waals surface area contributed by atoms with Crippen molar-refractivity contribution in [2.24, 2.45) is 5.92 Å². The summed E-state index contributed by atoms with van der Waals surface area (Å²) in [4.78, 5) is 12.5. The van der Waals surface area contributed by atoms with Crippen LogP contribution < -0.4 is 0 Å². The van der Waals surface area contributed by atoms with E-state index in [-0.39, 0.29) is 0 Å². The average molecular weight is 237 g/mol. The predicted octanol–water partition coefficient (Wildman–Crippen LogP) is 2.84. The first kappa shape index (κ1) is 10.0. The Morgan fingerprint density at radius 2 is 2.19 bits per heavy atom. The zero-order valence-electron chi connectivity index (χ0n) is 9.10. The summed E-state index contributed by atoms with van der Waals surface area (Å²) >= 11 is 5.98. The van der Waals surface area contributed by atoms with Crippen molar-refractivity contribution in [3.05, 3.63) is 17.8 Å². The number of fused-ring (bicyclic) bond motifs is 1. The minimum atomic E-state index is 0.440. The molecule has 0 aliphatic heterocycles. The van der Waals surface area contributed by atoms with Gasteiger partial charge in [-0.2, -0.15) is 0 Å². The van der Waals surface area contributed by atoms with Crippen molar-refractivity contribution in [2.45, 2.75) is 32.2 Å². The molecule has 1 aliphatic rings. The molecule has 0 N–H and O–H groups in total. The van der Waals surface area contributed by atoms with Crippen molar-refractivity contribution in [3.8, 4) is 0 Å². The van der Waals surface area contributed by atoms with Gasteiger partial charge in [0.25, 0.3) is 0 Å². The van der Waals surface area contributed by atoms with Gasteiger partial charge in [0.2, 0.25) is 0 Å². The van der Waals surface area contributed by atoms with E-state index in [1.807, 2.05) is 6.33 Å². The van der Waals surface area contributed by atoms with Gasteiger partial charge in [0, 0.05) is 6.04 Å². The minimum Gasteiger partial charge on any atom is -0.312 e. The van der Waals surface area contributed by atoms with E-state index < -0.39 is 0 Å². The van der Waals surface area contributed by atoms with E-state index in [4.69, 9.17) is 11.6 Å². The molecule has 2 aromatic heterocycles. The van der Waals surface area contributed by atoms with Crippen LogP contribution in [-0.4, -0.2) is 19.5 Å². The second-order valence-corrected chi connectivity index (χ2v) is 4.92. The predicted molar refractivity (Wildman–Crippen MR) is 62.4 cm³/mol. The standard InChI is InChI=1S/C11H13ClN4/c1-7-2-3-8(4-7)16-6-15-9-10(12)13-5-14-11(9)16/h5-8H,2-4H2,1H3. The highest BCUT2D eigenvalue weighted by molar-refractivity contribution is 6.33. The number of hydrogen-bond donors (Lipinski definition) is 0. The highest BCUT2D eigenvalue weighted by atomic mass is 35.5. The molecule has 0 bridgehead atoms. The molecule has 0 spiro atoms. The zero-order chi connectivity index (χ0) is 11.1. The van der Waals surface area contributed by atoms with Gasteiger partial charge >= 0.3 is 0 Å². The molecule has 2 atom stereocenters. The van der Waals surface area contributed by atoms with Gasteiger partial charge in [0.1, 0.15) is 11.8 Å². The number of imidazole rings is 1. The fourth-order valence-electron chi connectivity index (χ4n) is 2.52. The zero-order valence-corrected chi connectivity index (χ0v) is 9.85. The maximum Gasteiger partial charge on any atom is 0.165 e. The van der Waals surface area contributed by atoms with Crippen LogP contribution in [0, 0.1) is 5.92 Å². The largest absolute Gasteiger partial charge is 0.312 e. The molecule has 84 valence electrons. The van der Waals surface area contributed by atoms with Crippen LogP contribution in [0.5, 0.6) is 0 Å². The lowest BCUT2D eigenvalue weighted by atomic mass is 10.1. The van der Waals surface area contributed by atoms with Crippen molar-refractivity contribution in [1.82, 2.24) is 19.5 Å². The van der Waals surface area contributed by atoms with E-state index in [0.29, 0.717) is 16.7 Å². The summed E-state index contributed by atoms with van der Waals surface area (Å²) in [5.41, 5.74) is 1.57. The van der Waals surface area contributed by atoms with E-state index in [2.05, 4.69) is 26.4 Å². The van der Waals surface area contributed by atoms with Gasteiger partial charge in [-0.05, 0) is 25.2 Å². The Labute approximate surface area is 98.7 Å². The highest BCUT2D eigenvalue weighted by Gasteiger charge is 2.24. The SMILES string of the molecule is CC1CCC(n2cnc3c(Cl)ncnc32)C1. The number of nitrogens with zero attached hydrogens (tertiary/aromatic N) is 4. The molecule has 1 aliphatic carbocycles. The third kappa shape index (κ3) is 1.48. The molecule has 0 saturated heterocycles. The molecule has 1 saturated carbocycles. The van der Waals surface area contributed by atoms with Gasteiger partial charge in [-0.1, -0.05) is 18.5 Å². The Hall–Kier alpha value is -1.16. The first-order chi connectivity index (χ1) is 7.75. The summed E-state index contributed by atoms with van der Waals surface area (Å²) in [7, 11) is 0. The number of aromatic nitrogens is 4. The van der Waals surface area contributed by atoms with Crippen LogP contribution >= 0.6 is 11.6 Å². The van der Waals surface area contributed by atoms with Gasteiger partial charge < -0.3 is 4.57 Å². The Balaban J connectivity index is 2.08. The van der Waals surface area contributed by atoms with Crippen LogP contribution in [0.25, 0.3) is 11.2 Å². The molecule has 0 amide bonds. The maximum absolute atomic E-state index is 5.98. The van der Waals surface area contributed by atoms with Crippen LogP contribution in [0.3, 0.4) is 0 Å². The third-order valence-electron chi connectivity index (χ3n) is 3.37. The quantitative estimate of drug-likeness (QED) is 0.715. The molecular weight excluding hydrogens is 224 g/mol. The summed E-state index contributed by atoms with van der Waals surface area (Å²) in [6.45, 7) is 2.29. The molecule has 1 fully saturated rings. The highest BCUT2D eigenvalue weighted by Crippen LogP contribution is 2.35. The van der Waals surface area contributed by atoms with Crippen molar-refractivity contribution in [2.75, 3.05) is 0 Å². The second kappa shape index (κ2) is 3.70. The Kier molecular flexibility index (Phi) is 2.32. The molecule has 0 radical (unpaired) electrons. The van der Waals surface area contributed by atoms with Gasteiger partial charge in [0.05, 0.1) is 6.33 Å². The minimum absolute atomic E-state index is 0.440. The van der Waals surface area contributed by atoms with Crippen LogP contribution in [0.1, 0.15) is 32.2 Å². The van der Waals surface area contributed by atoms with E-state index >= 15 is 0 Å². The smallest absolute Gasteiger partial charge is 0.165 e. The first-order valence-corrected chi connectivity index (χ1v) is 5.96. The molecule has 2 unspecified atom stereocenters. The van der Waals surface area contributed by atoms with E-state index in [0.717, 1.165) is 11.6 Å². The summed E-state index contributed by atoms with van der Waals surface area (Å²) in [6.07, 6.45) is 7.03. The molecule has 4 nitrogen and oxygen atoms in total. The van der Waals surface area contributed by atoms with Crippen molar-refractivity contribution < 1.29 is 0 Å².